The number of hydrogen-bond donors (Lipinski definition) is 1. The van der Waals surface area contributed by atoms with E-state index < -0.39 is 10.8 Å². The third-order valence-electron chi connectivity index (χ3n) is 3.00. The van der Waals surface area contributed by atoms with Gasteiger partial charge in [-0.3, -0.25) is 14.9 Å². The van der Waals surface area contributed by atoms with Crippen molar-refractivity contribution in [3.05, 3.63) is 63.2 Å². The van der Waals surface area contributed by atoms with Gasteiger partial charge < -0.3 is 9.47 Å². The molecule has 0 unspecified atom stereocenters. The summed E-state index contributed by atoms with van der Waals surface area (Å²) in [7, 11) is 1.55. The van der Waals surface area contributed by atoms with Gasteiger partial charge in [0.2, 0.25) is 0 Å². The summed E-state index contributed by atoms with van der Waals surface area (Å²) in [6.45, 7) is -0.232. The van der Waals surface area contributed by atoms with Gasteiger partial charge in [-0.2, -0.15) is 5.10 Å². The molecule has 0 aliphatic heterocycles. The molecule has 0 aromatic heterocycles. The first kappa shape index (κ1) is 18.2. The van der Waals surface area contributed by atoms with Crippen molar-refractivity contribution in [1.82, 2.24) is 5.43 Å². The third-order valence-corrected chi connectivity index (χ3v) is 3.32. The van der Waals surface area contributed by atoms with E-state index in [9.17, 15) is 14.9 Å². The molecule has 0 spiro atoms. The summed E-state index contributed by atoms with van der Waals surface area (Å²) < 4.78 is 10.3. The van der Waals surface area contributed by atoms with Crippen LogP contribution in [0.2, 0.25) is 5.02 Å². The van der Waals surface area contributed by atoms with Gasteiger partial charge in [-0.15, -0.1) is 0 Å². The van der Waals surface area contributed by atoms with Gasteiger partial charge in [-0.05, 0) is 30.3 Å². The van der Waals surface area contributed by atoms with Crippen molar-refractivity contribution < 1.29 is 19.2 Å². The lowest BCUT2D eigenvalue weighted by Crippen LogP contribution is -2.24. The number of ether oxygens (including phenoxy) is 2. The maximum atomic E-state index is 11.7. The molecule has 8 nitrogen and oxygen atoms in total. The second kappa shape index (κ2) is 8.65. The normalized spacial score (nSPS) is 10.5. The zero-order chi connectivity index (χ0) is 18.2. The first-order chi connectivity index (χ1) is 12.0. The van der Waals surface area contributed by atoms with E-state index in [4.69, 9.17) is 21.1 Å². The second-order valence-electron chi connectivity index (χ2n) is 4.73. The Morgan fingerprint density at radius 3 is 2.60 bits per heavy atom. The zero-order valence-corrected chi connectivity index (χ0v) is 13.9. The Morgan fingerprint density at radius 2 is 1.96 bits per heavy atom. The molecule has 0 bridgehead atoms. The molecule has 0 radical (unpaired) electrons. The fourth-order valence-electron chi connectivity index (χ4n) is 1.78. The fraction of sp³-hybridized carbons (Fsp3) is 0.125. The molecule has 0 heterocycles. The molecule has 2 aromatic rings. The van der Waals surface area contributed by atoms with Gasteiger partial charge in [-0.1, -0.05) is 17.7 Å². The number of nitrogens with one attached hydrogen (secondary N) is 1. The van der Waals surface area contributed by atoms with E-state index in [1.165, 1.54) is 18.3 Å². The van der Waals surface area contributed by atoms with Crippen molar-refractivity contribution >= 4 is 29.4 Å². The SMILES string of the molecule is COc1ccc(OCC(=O)N/N=C/c2ccc(Cl)c([N+](=O)[O-])c2)cc1. The highest BCUT2D eigenvalue weighted by atomic mass is 35.5. The molecular weight excluding hydrogens is 350 g/mol. The Balaban J connectivity index is 1.85. The van der Waals surface area contributed by atoms with E-state index in [2.05, 4.69) is 10.5 Å². The number of halogens is 1. The maximum Gasteiger partial charge on any atom is 0.288 e. The van der Waals surface area contributed by atoms with Crippen molar-refractivity contribution in [3.8, 4) is 11.5 Å². The number of amides is 1. The molecule has 2 rings (SSSR count). The number of nitro groups is 1. The Labute approximate surface area is 148 Å². The molecule has 0 saturated carbocycles. The first-order valence-electron chi connectivity index (χ1n) is 7.02. The van der Waals surface area contributed by atoms with E-state index >= 15 is 0 Å². The minimum Gasteiger partial charge on any atom is -0.497 e. The van der Waals surface area contributed by atoms with Gasteiger partial charge in [0.25, 0.3) is 11.6 Å². The molecule has 1 N–H and O–H groups in total. The van der Waals surface area contributed by atoms with E-state index in [-0.39, 0.29) is 17.3 Å². The number of hydrazone groups is 1. The number of hydrogen-bond acceptors (Lipinski definition) is 6. The average Bonchev–Trinajstić information content (AvgIpc) is 2.61. The van der Waals surface area contributed by atoms with Gasteiger partial charge in [0.15, 0.2) is 6.61 Å². The van der Waals surface area contributed by atoms with Crippen LogP contribution in [0.15, 0.2) is 47.6 Å². The molecule has 0 aliphatic rings. The van der Waals surface area contributed by atoms with Crippen LogP contribution < -0.4 is 14.9 Å². The summed E-state index contributed by atoms with van der Waals surface area (Å²) in [6.07, 6.45) is 1.27. The summed E-state index contributed by atoms with van der Waals surface area (Å²) in [5.41, 5.74) is 2.45. The number of nitrogens with zero attached hydrogens (tertiary/aromatic N) is 2. The van der Waals surface area contributed by atoms with Crippen molar-refractivity contribution in [2.24, 2.45) is 5.10 Å². The highest BCUT2D eigenvalue weighted by Crippen LogP contribution is 2.24. The minimum atomic E-state index is -0.596. The summed E-state index contributed by atoms with van der Waals surface area (Å²) in [6, 6.07) is 10.9. The van der Waals surface area contributed by atoms with Crippen molar-refractivity contribution in [2.45, 2.75) is 0 Å². The minimum absolute atomic E-state index is 0.0269. The predicted molar refractivity (Wildman–Crippen MR) is 92.3 cm³/mol. The first-order valence-corrected chi connectivity index (χ1v) is 7.40. The van der Waals surface area contributed by atoms with Crippen LogP contribution in [0.3, 0.4) is 0 Å². The molecule has 25 heavy (non-hydrogen) atoms. The second-order valence-corrected chi connectivity index (χ2v) is 5.13. The molecule has 1 amide bonds. The number of rotatable bonds is 7. The third kappa shape index (κ3) is 5.47. The lowest BCUT2D eigenvalue weighted by molar-refractivity contribution is -0.384. The van der Waals surface area contributed by atoms with Crippen LogP contribution in [0, 0.1) is 10.1 Å². The summed E-state index contributed by atoms with van der Waals surface area (Å²) >= 11 is 5.71. The number of carbonyl (C=O) groups excluding carboxylic acids is 1. The van der Waals surface area contributed by atoms with Crippen molar-refractivity contribution in [3.63, 3.8) is 0 Å². The van der Waals surface area contributed by atoms with Crippen molar-refractivity contribution in [2.75, 3.05) is 13.7 Å². The summed E-state index contributed by atoms with van der Waals surface area (Å²) in [5.74, 6) is 0.710. The van der Waals surface area contributed by atoms with Crippen LogP contribution in [0.1, 0.15) is 5.56 Å². The average molecular weight is 364 g/mol. The number of carbonyl (C=O) groups is 1. The summed E-state index contributed by atoms with van der Waals surface area (Å²) in [4.78, 5) is 21.9. The molecule has 0 atom stereocenters. The number of methoxy groups -OCH3 is 1. The lowest BCUT2D eigenvalue weighted by atomic mass is 10.2. The van der Waals surface area contributed by atoms with Crippen LogP contribution in [0.4, 0.5) is 5.69 Å². The molecule has 0 saturated heterocycles. The van der Waals surface area contributed by atoms with E-state index in [0.29, 0.717) is 17.1 Å². The van der Waals surface area contributed by atoms with Gasteiger partial charge in [-0.25, -0.2) is 5.43 Å². The molecule has 2 aromatic carbocycles. The number of benzene rings is 2. The Morgan fingerprint density at radius 1 is 1.28 bits per heavy atom. The quantitative estimate of drug-likeness (QED) is 0.463. The maximum absolute atomic E-state index is 11.7. The predicted octanol–water partition coefficient (Wildman–Crippen LogP) is 2.79. The highest BCUT2D eigenvalue weighted by Gasteiger charge is 2.11. The Kier molecular flexibility index (Phi) is 6.30. The molecular formula is C16H14ClN3O5. The molecule has 130 valence electrons. The van der Waals surface area contributed by atoms with Gasteiger partial charge in [0, 0.05) is 11.6 Å². The summed E-state index contributed by atoms with van der Waals surface area (Å²) in [5, 5.41) is 14.5. The smallest absolute Gasteiger partial charge is 0.288 e. The van der Waals surface area contributed by atoms with Crippen LogP contribution in [-0.2, 0) is 4.79 Å². The van der Waals surface area contributed by atoms with E-state index in [0.717, 1.165) is 0 Å². The fourth-order valence-corrected chi connectivity index (χ4v) is 1.97. The largest absolute Gasteiger partial charge is 0.497 e. The van der Waals surface area contributed by atoms with Gasteiger partial charge >= 0.3 is 0 Å². The molecule has 0 fully saturated rings. The number of nitro benzene ring substituents is 1. The van der Waals surface area contributed by atoms with Crippen molar-refractivity contribution in [1.29, 1.82) is 0 Å². The topological polar surface area (TPSA) is 103 Å². The lowest BCUT2D eigenvalue weighted by Gasteiger charge is -2.05. The van der Waals surface area contributed by atoms with Gasteiger partial charge in [0.1, 0.15) is 16.5 Å². The van der Waals surface area contributed by atoms with Crippen LogP contribution in [-0.4, -0.2) is 30.8 Å². The zero-order valence-electron chi connectivity index (χ0n) is 13.1. The van der Waals surface area contributed by atoms with E-state index in [1.54, 1.807) is 37.4 Å². The van der Waals surface area contributed by atoms with Gasteiger partial charge in [0.05, 0.1) is 18.2 Å². The standard InChI is InChI=1S/C16H14ClN3O5/c1-24-12-3-5-13(6-4-12)25-10-16(21)19-18-9-11-2-7-14(17)15(8-11)20(22)23/h2-9H,10H2,1H3,(H,19,21)/b18-9+. The Hall–Kier alpha value is -3.13. The monoisotopic (exact) mass is 363 g/mol. The van der Waals surface area contributed by atoms with Crippen LogP contribution >= 0.6 is 11.6 Å². The highest BCUT2D eigenvalue weighted by molar-refractivity contribution is 6.32. The molecule has 9 heteroatoms. The van der Waals surface area contributed by atoms with Crippen LogP contribution in [0.5, 0.6) is 11.5 Å². The molecule has 0 aliphatic carbocycles. The van der Waals surface area contributed by atoms with Crippen LogP contribution in [0.25, 0.3) is 0 Å². The van der Waals surface area contributed by atoms with E-state index in [1.807, 2.05) is 0 Å². The Bertz CT molecular complexity index is 793.